The van der Waals surface area contributed by atoms with Crippen molar-refractivity contribution in [1.82, 2.24) is 4.98 Å². The highest BCUT2D eigenvalue weighted by Crippen LogP contribution is 2.08. The van der Waals surface area contributed by atoms with E-state index in [1.807, 2.05) is 17.5 Å². The number of rotatable bonds is 0. The summed E-state index contributed by atoms with van der Waals surface area (Å²) in [5, 5.41) is 1.93. The molecule has 0 N–H and O–H groups in total. The van der Waals surface area contributed by atoms with Crippen molar-refractivity contribution in [3.05, 3.63) is 29.2 Å². The molecule has 0 aliphatic carbocycles. The van der Waals surface area contributed by atoms with Gasteiger partial charge in [-0.1, -0.05) is 61.5 Å². The van der Waals surface area contributed by atoms with Crippen LogP contribution < -0.4 is 0 Å². The molecule has 0 radical (unpaired) electrons. The number of aliphatic imine (C=N–C) groups is 1. The van der Waals surface area contributed by atoms with Crippen molar-refractivity contribution in [2.75, 3.05) is 6.54 Å². The summed E-state index contributed by atoms with van der Waals surface area (Å²) in [4.78, 5) is 7.59. The Morgan fingerprint density at radius 3 is 1.50 bits per heavy atom. The standard InChI is InChI=1S/2C5H12.C4H5N.C3H3NS/c2*1-5(2,3)4;1-2-4-5-3-1;1-2-5-3-4-1/h2*1-4H3;1-3H,4H2;1-3H. The second kappa shape index (κ2) is 11.8. The van der Waals surface area contributed by atoms with Gasteiger partial charge in [0.25, 0.3) is 0 Å². The predicted molar refractivity (Wildman–Crippen MR) is 94.9 cm³/mol. The Kier molecular flexibility index (Phi) is 12.6. The Morgan fingerprint density at radius 2 is 1.40 bits per heavy atom. The molecule has 3 heteroatoms. The molecule has 0 fully saturated rings. The molecule has 1 aromatic heterocycles. The highest BCUT2D eigenvalue weighted by molar-refractivity contribution is 7.07. The SMILES string of the molecule is C1=CCN=C1.CC(C)(C)C.CC(C)(C)C.c1cscn1. The van der Waals surface area contributed by atoms with E-state index < -0.39 is 0 Å². The van der Waals surface area contributed by atoms with E-state index in [-0.39, 0.29) is 0 Å². The third-order valence-corrected chi connectivity index (χ3v) is 1.41. The molecule has 20 heavy (non-hydrogen) atoms. The molecule has 0 unspecified atom stereocenters. The number of nitrogens with zero attached hydrogens (tertiary/aromatic N) is 2. The van der Waals surface area contributed by atoms with Gasteiger partial charge in [-0.3, -0.25) is 9.98 Å². The Labute approximate surface area is 130 Å². The first kappa shape index (κ1) is 21.3. The Bertz CT molecular complexity index is 287. The van der Waals surface area contributed by atoms with Gasteiger partial charge in [-0.05, 0) is 16.9 Å². The van der Waals surface area contributed by atoms with Gasteiger partial charge in [-0.25, -0.2) is 0 Å². The monoisotopic (exact) mass is 296 g/mol. The molecular weight excluding hydrogens is 264 g/mol. The molecule has 2 rings (SSSR count). The summed E-state index contributed by atoms with van der Waals surface area (Å²) in [7, 11) is 0. The fourth-order valence-electron chi connectivity index (χ4n) is 0.480. The molecule has 0 saturated heterocycles. The highest BCUT2D eigenvalue weighted by atomic mass is 32.1. The molecule has 1 aromatic rings. The van der Waals surface area contributed by atoms with Crippen LogP contribution in [0.1, 0.15) is 55.4 Å². The van der Waals surface area contributed by atoms with Gasteiger partial charge in [0.05, 0.1) is 12.1 Å². The fraction of sp³-hybridized carbons (Fsp3) is 0.647. The van der Waals surface area contributed by atoms with Gasteiger partial charge in [0, 0.05) is 17.8 Å². The first-order chi connectivity index (χ1) is 9.00. The second-order valence-corrected chi connectivity index (χ2v) is 8.37. The minimum absolute atomic E-state index is 0.500. The summed E-state index contributed by atoms with van der Waals surface area (Å²) in [6, 6.07) is 0. The van der Waals surface area contributed by atoms with Crippen LogP contribution in [0.25, 0.3) is 0 Å². The molecule has 0 amide bonds. The van der Waals surface area contributed by atoms with Gasteiger partial charge in [0.1, 0.15) is 0 Å². The molecule has 0 bridgehead atoms. The third-order valence-electron chi connectivity index (χ3n) is 0.886. The largest absolute Gasteiger partial charge is 0.289 e. The third kappa shape index (κ3) is 53.6. The first-order valence-electron chi connectivity index (χ1n) is 6.97. The second-order valence-electron chi connectivity index (χ2n) is 7.62. The van der Waals surface area contributed by atoms with Crippen molar-refractivity contribution in [2.45, 2.75) is 55.4 Å². The predicted octanol–water partition coefficient (Wildman–Crippen LogP) is 5.87. The molecule has 0 saturated carbocycles. The first-order valence-corrected chi connectivity index (χ1v) is 7.91. The van der Waals surface area contributed by atoms with Crippen molar-refractivity contribution < 1.29 is 0 Å². The minimum Gasteiger partial charge on any atom is -0.289 e. The number of hydrogen-bond donors (Lipinski definition) is 0. The lowest BCUT2D eigenvalue weighted by Crippen LogP contribution is -1.93. The van der Waals surface area contributed by atoms with Gasteiger partial charge in [0.15, 0.2) is 0 Å². The Balaban J connectivity index is 0. The average Bonchev–Trinajstić information content (AvgIpc) is 2.92. The molecule has 2 nitrogen and oxygen atoms in total. The van der Waals surface area contributed by atoms with Crippen LogP contribution >= 0.6 is 11.3 Å². The van der Waals surface area contributed by atoms with Crippen molar-refractivity contribution in [2.24, 2.45) is 15.8 Å². The van der Waals surface area contributed by atoms with Gasteiger partial charge in [-0.15, -0.1) is 11.3 Å². The molecule has 1 aliphatic heterocycles. The summed E-state index contributed by atoms with van der Waals surface area (Å²) < 4.78 is 0. The summed E-state index contributed by atoms with van der Waals surface area (Å²) in [6.45, 7) is 18.4. The topological polar surface area (TPSA) is 25.2 Å². The molecule has 0 aromatic carbocycles. The van der Waals surface area contributed by atoms with E-state index in [0.717, 1.165) is 6.54 Å². The van der Waals surface area contributed by atoms with Crippen LogP contribution in [0.3, 0.4) is 0 Å². The molecule has 0 atom stereocenters. The number of thiazole rings is 1. The van der Waals surface area contributed by atoms with E-state index in [0.29, 0.717) is 10.8 Å². The lowest BCUT2D eigenvalue weighted by atomic mass is 10.0. The van der Waals surface area contributed by atoms with Gasteiger partial charge >= 0.3 is 0 Å². The van der Waals surface area contributed by atoms with Crippen molar-refractivity contribution in [3.8, 4) is 0 Å². The maximum Gasteiger partial charge on any atom is 0.0791 e. The normalized spacial score (nSPS) is 12.4. The van der Waals surface area contributed by atoms with Crippen LogP contribution in [-0.4, -0.2) is 17.7 Å². The van der Waals surface area contributed by atoms with E-state index in [4.69, 9.17) is 0 Å². The van der Waals surface area contributed by atoms with Crippen molar-refractivity contribution in [3.63, 3.8) is 0 Å². The van der Waals surface area contributed by atoms with Crippen LogP contribution in [-0.2, 0) is 0 Å². The molecule has 0 spiro atoms. The Morgan fingerprint density at radius 1 is 0.900 bits per heavy atom. The van der Waals surface area contributed by atoms with E-state index >= 15 is 0 Å². The fourth-order valence-corrected chi connectivity index (χ4v) is 0.831. The van der Waals surface area contributed by atoms with Crippen LogP contribution in [0.15, 0.2) is 34.2 Å². The summed E-state index contributed by atoms with van der Waals surface area (Å²) in [6.07, 6.45) is 7.53. The summed E-state index contributed by atoms with van der Waals surface area (Å²) in [5.74, 6) is 0. The zero-order chi connectivity index (χ0) is 16.1. The number of allylic oxidation sites excluding steroid dienone is 1. The van der Waals surface area contributed by atoms with E-state index in [1.165, 1.54) is 0 Å². The average molecular weight is 297 g/mol. The molecule has 116 valence electrons. The van der Waals surface area contributed by atoms with Gasteiger partial charge in [0.2, 0.25) is 0 Å². The van der Waals surface area contributed by atoms with Gasteiger partial charge in [-0.2, -0.15) is 0 Å². The van der Waals surface area contributed by atoms with Crippen molar-refractivity contribution in [1.29, 1.82) is 0 Å². The van der Waals surface area contributed by atoms with E-state index in [1.54, 1.807) is 29.3 Å². The summed E-state index contributed by atoms with van der Waals surface area (Å²) >= 11 is 1.60. The molecule has 2 heterocycles. The Hall–Kier alpha value is -0.960. The number of aromatic nitrogens is 1. The van der Waals surface area contributed by atoms with E-state index in [2.05, 4.69) is 65.4 Å². The van der Waals surface area contributed by atoms with Crippen LogP contribution in [0.2, 0.25) is 0 Å². The maximum absolute atomic E-state index is 3.85. The van der Waals surface area contributed by atoms with Gasteiger partial charge < -0.3 is 0 Å². The lowest BCUT2D eigenvalue weighted by Gasteiger charge is -2.05. The van der Waals surface area contributed by atoms with Crippen LogP contribution in [0.5, 0.6) is 0 Å². The zero-order valence-corrected chi connectivity index (χ0v) is 15.3. The quantitative estimate of drug-likeness (QED) is 0.587. The minimum atomic E-state index is 0.500. The lowest BCUT2D eigenvalue weighted by molar-refractivity contribution is 0.469. The van der Waals surface area contributed by atoms with Crippen LogP contribution in [0, 0.1) is 10.8 Å². The molecule has 1 aliphatic rings. The summed E-state index contributed by atoms with van der Waals surface area (Å²) in [5.41, 5.74) is 2.79. The zero-order valence-electron chi connectivity index (χ0n) is 14.5. The maximum atomic E-state index is 3.85. The van der Waals surface area contributed by atoms with E-state index in [9.17, 15) is 0 Å². The van der Waals surface area contributed by atoms with Crippen molar-refractivity contribution >= 4 is 17.6 Å². The molecular formula is C17H32N2S. The highest BCUT2D eigenvalue weighted by Gasteiger charge is 1.96. The number of hydrogen-bond acceptors (Lipinski definition) is 3. The van der Waals surface area contributed by atoms with Crippen LogP contribution in [0.4, 0.5) is 0 Å². The smallest absolute Gasteiger partial charge is 0.0791 e.